The quantitative estimate of drug-likeness (QED) is 0.0470. The van der Waals surface area contributed by atoms with E-state index in [0.29, 0.717) is 97.9 Å². The van der Waals surface area contributed by atoms with Gasteiger partial charge in [0, 0.05) is 62.9 Å². The second-order valence-electron chi connectivity index (χ2n) is 28.3. The van der Waals surface area contributed by atoms with Crippen LogP contribution in [-0.4, -0.2) is 109 Å². The topological polar surface area (TPSA) is 114 Å². The summed E-state index contributed by atoms with van der Waals surface area (Å²) in [6, 6.07) is 19.6. The Morgan fingerprint density at radius 2 is 0.713 bits per heavy atom. The number of benzene rings is 4. The van der Waals surface area contributed by atoms with Crippen LogP contribution < -0.4 is 30.7 Å². The van der Waals surface area contributed by atoms with Crippen molar-refractivity contribution in [2.45, 2.75) is 219 Å². The zero-order valence-electron chi connectivity index (χ0n) is 52.1. The lowest BCUT2D eigenvalue weighted by Crippen LogP contribution is -2.53. The monoisotopic (exact) mass is 1130 g/mol. The van der Waals surface area contributed by atoms with Crippen LogP contribution in [0.5, 0.6) is 23.0 Å². The van der Waals surface area contributed by atoms with Gasteiger partial charge in [-0.25, -0.2) is 0 Å². The van der Waals surface area contributed by atoms with Crippen molar-refractivity contribution in [2.24, 2.45) is 0 Å². The Morgan fingerprint density at radius 1 is 0.450 bits per heavy atom. The first-order chi connectivity index (χ1) is 37.5. The lowest BCUT2D eigenvalue weighted by Gasteiger charge is -2.37. The molecule has 8 bridgehead atoms. The van der Waals surface area contributed by atoms with Gasteiger partial charge in [0.15, 0.2) is 10.2 Å². The Hall–Kier alpha value is -4.62. The number of nitrogens with zero attached hydrogens (tertiary/aromatic N) is 2. The first-order valence-corrected chi connectivity index (χ1v) is 31.0. The zero-order valence-corrected chi connectivity index (χ0v) is 53.7. The van der Waals surface area contributed by atoms with E-state index >= 15 is 0 Å². The Labute approximate surface area is 494 Å². The molecule has 0 heterocycles. The van der Waals surface area contributed by atoms with Gasteiger partial charge in [0.2, 0.25) is 0 Å². The lowest BCUT2D eigenvalue weighted by atomic mass is 9.79. The number of phenolic OH excluding ortho intramolecular Hbond substituents is 2. The van der Waals surface area contributed by atoms with Crippen LogP contribution >= 0.6 is 24.4 Å². The van der Waals surface area contributed by atoms with E-state index in [2.05, 4.69) is 191 Å². The molecular formula is C68H102N6O4S2. The van der Waals surface area contributed by atoms with Gasteiger partial charge in [0.25, 0.3) is 0 Å². The predicted molar refractivity (Wildman–Crippen MR) is 342 cm³/mol. The van der Waals surface area contributed by atoms with Crippen LogP contribution in [0, 0.1) is 0 Å². The third kappa shape index (κ3) is 16.3. The fraction of sp³-hybridized carbons (Fsp3) is 0.618. The van der Waals surface area contributed by atoms with E-state index < -0.39 is 0 Å². The van der Waals surface area contributed by atoms with Crippen molar-refractivity contribution in [2.75, 3.05) is 54.5 Å². The van der Waals surface area contributed by atoms with Crippen LogP contribution in [-0.2, 0) is 47.3 Å². The number of hydrogen-bond acceptors (Lipinski definition) is 8. The number of rotatable bonds is 14. The molecule has 4 aromatic carbocycles. The SMILES string of the molecule is CN(C)[C@H]1CCCC[C@@H]1NC(=S)NCCCOc1c2cc(C(C)(C)C)cc1Cc1cc(C(C)(C)C)cc(c1O)Cc1cc(C(C)(C)C)cc(c1OCCCNC(=S)N[C@H]1CCCC[C@@H]1N(C)C)Cc1cc(C(C)(C)C)cc(c1O)C2. The van der Waals surface area contributed by atoms with Gasteiger partial charge in [-0.3, -0.25) is 0 Å². The molecule has 7 rings (SSSR count). The highest BCUT2D eigenvalue weighted by Gasteiger charge is 2.31. The number of thiocarbonyl (C=S) groups is 2. The highest BCUT2D eigenvalue weighted by Crippen LogP contribution is 2.44. The lowest BCUT2D eigenvalue weighted by molar-refractivity contribution is 0.189. The van der Waals surface area contributed by atoms with E-state index in [0.717, 1.165) is 92.8 Å². The number of phenols is 2. The fourth-order valence-corrected chi connectivity index (χ4v) is 12.7. The molecule has 440 valence electrons. The summed E-state index contributed by atoms with van der Waals surface area (Å²) >= 11 is 11.7. The average Bonchev–Trinajstić information content (AvgIpc) is 3.41. The summed E-state index contributed by atoms with van der Waals surface area (Å²) in [5, 5.41) is 41.4. The first-order valence-electron chi connectivity index (χ1n) is 30.2. The summed E-state index contributed by atoms with van der Waals surface area (Å²) in [5.41, 5.74) is 11.3. The van der Waals surface area contributed by atoms with E-state index in [4.69, 9.17) is 33.9 Å². The summed E-state index contributed by atoms with van der Waals surface area (Å²) in [6.07, 6.45) is 12.8. The molecule has 0 aromatic heterocycles. The molecule has 2 fully saturated rings. The van der Waals surface area contributed by atoms with Gasteiger partial charge in [-0.1, -0.05) is 157 Å². The van der Waals surface area contributed by atoms with E-state index in [9.17, 15) is 10.2 Å². The zero-order chi connectivity index (χ0) is 58.5. The van der Waals surface area contributed by atoms with Gasteiger partial charge < -0.3 is 50.8 Å². The molecule has 3 aliphatic rings. The third-order valence-corrected chi connectivity index (χ3v) is 17.7. The van der Waals surface area contributed by atoms with Crippen molar-refractivity contribution >= 4 is 34.7 Å². The van der Waals surface area contributed by atoms with Gasteiger partial charge in [0.1, 0.15) is 23.0 Å². The summed E-state index contributed by atoms with van der Waals surface area (Å²) < 4.78 is 14.2. The Morgan fingerprint density at radius 3 is 0.975 bits per heavy atom. The highest BCUT2D eigenvalue weighted by atomic mass is 32.1. The van der Waals surface area contributed by atoms with Gasteiger partial charge in [-0.15, -0.1) is 0 Å². The number of likely N-dealkylation sites (N-methyl/N-ethyl adjacent to an activating group) is 2. The van der Waals surface area contributed by atoms with E-state index in [1.54, 1.807) is 0 Å². The van der Waals surface area contributed by atoms with Crippen molar-refractivity contribution in [3.8, 4) is 23.0 Å². The third-order valence-electron chi connectivity index (χ3n) is 17.1. The molecule has 0 radical (unpaired) electrons. The van der Waals surface area contributed by atoms with Crippen LogP contribution in [0.3, 0.4) is 0 Å². The predicted octanol–water partition coefficient (Wildman–Crippen LogP) is 13.2. The maximum absolute atomic E-state index is 12.9. The van der Waals surface area contributed by atoms with E-state index in [1.165, 1.54) is 49.7 Å². The van der Waals surface area contributed by atoms with Crippen molar-refractivity contribution in [3.63, 3.8) is 0 Å². The normalized spacial score (nSPS) is 19.1. The minimum Gasteiger partial charge on any atom is -0.507 e. The summed E-state index contributed by atoms with van der Waals surface area (Å²) in [4.78, 5) is 4.65. The van der Waals surface area contributed by atoms with Crippen LogP contribution in [0.4, 0.5) is 0 Å². The van der Waals surface area contributed by atoms with E-state index in [-0.39, 0.29) is 21.7 Å². The molecule has 12 heteroatoms. The summed E-state index contributed by atoms with van der Waals surface area (Å²) in [7, 11) is 8.65. The maximum atomic E-state index is 12.9. The average molecular weight is 1130 g/mol. The van der Waals surface area contributed by atoms with Crippen molar-refractivity contribution in [1.29, 1.82) is 0 Å². The first kappa shape index (κ1) is 63.0. The molecular weight excluding hydrogens is 1030 g/mol. The molecule has 80 heavy (non-hydrogen) atoms. The molecule has 3 aliphatic carbocycles. The van der Waals surface area contributed by atoms with Gasteiger partial charge in [-0.05, 0) is 180 Å². The molecule has 0 saturated heterocycles. The molecule has 6 N–H and O–H groups in total. The molecule has 0 aliphatic heterocycles. The Kier molecular flexibility index (Phi) is 20.7. The second kappa shape index (κ2) is 26.3. The van der Waals surface area contributed by atoms with Crippen molar-refractivity contribution in [1.82, 2.24) is 31.1 Å². The maximum Gasteiger partial charge on any atom is 0.166 e. The standard InChI is InChI=1S/C68H102N6O4S2/c1-65(2,3)51-35-43-31-47-39-53(67(7,8)9)41-49(61(47)77-29-21-27-69-63(79)71-55-23-17-19-25-57(55)73(13)14)33-45-37-52(66(4,5)6)38-46(60(45)76)34-50-42-54(68(10,11)12)40-48(32-44(36-51)59(43)75)62(50)78-30-22-28-70-64(80)72-56-24-18-20-26-58(56)74(15)16/h35-42,55-58,75-76H,17-34H2,1-16H3,(H2,69,71,79)(H2,70,72,80)/t55-,56-,57-,58-/m0/s1. The largest absolute Gasteiger partial charge is 0.507 e. The fourth-order valence-electron chi connectivity index (χ4n) is 12.1. The molecule has 0 spiro atoms. The van der Waals surface area contributed by atoms with Crippen LogP contribution in [0.2, 0.25) is 0 Å². The summed E-state index contributed by atoms with van der Waals surface area (Å²) in [5.74, 6) is 2.20. The number of aromatic hydroxyl groups is 2. The van der Waals surface area contributed by atoms with E-state index in [1.807, 2.05) is 0 Å². The van der Waals surface area contributed by atoms with Crippen LogP contribution in [0.15, 0.2) is 48.5 Å². The molecule has 4 atom stereocenters. The Bertz CT molecular complexity index is 2510. The smallest absolute Gasteiger partial charge is 0.166 e. The number of hydrogen-bond donors (Lipinski definition) is 6. The minimum atomic E-state index is -0.210. The van der Waals surface area contributed by atoms with Crippen molar-refractivity contribution in [3.05, 3.63) is 115 Å². The number of nitrogens with one attached hydrogen (secondary N) is 4. The highest BCUT2D eigenvalue weighted by molar-refractivity contribution is 7.80. The molecule has 2 saturated carbocycles. The summed E-state index contributed by atoms with van der Waals surface area (Å²) in [6.45, 7) is 29.3. The van der Waals surface area contributed by atoms with Gasteiger partial charge in [0.05, 0.1) is 13.2 Å². The molecule has 0 unspecified atom stereocenters. The number of fused-ring (bicyclic) bond motifs is 8. The minimum absolute atomic E-state index is 0.201. The molecule has 0 amide bonds. The van der Waals surface area contributed by atoms with Gasteiger partial charge in [-0.2, -0.15) is 0 Å². The number of ether oxygens (including phenoxy) is 2. The van der Waals surface area contributed by atoms with Gasteiger partial charge >= 0.3 is 0 Å². The molecule has 10 nitrogen and oxygen atoms in total. The Balaban J connectivity index is 1.30. The second-order valence-corrected chi connectivity index (χ2v) is 29.1. The van der Waals surface area contributed by atoms with Crippen molar-refractivity contribution < 1.29 is 19.7 Å². The van der Waals surface area contributed by atoms with Crippen LogP contribution in [0.1, 0.15) is 214 Å². The van der Waals surface area contributed by atoms with Crippen LogP contribution in [0.25, 0.3) is 0 Å². The molecule has 4 aromatic rings.